The fourth-order valence-corrected chi connectivity index (χ4v) is 2.25. The Bertz CT molecular complexity index is 747. The molecule has 1 heterocycles. The number of ether oxygens (including phenoxy) is 1. The fourth-order valence-electron chi connectivity index (χ4n) is 1.93. The maximum Gasteiger partial charge on any atom is 0.312 e. The molecule has 0 aliphatic carbocycles. The number of amides is 1. The van der Waals surface area contributed by atoms with Gasteiger partial charge in [0.25, 0.3) is 5.91 Å². The first-order valence-corrected chi connectivity index (χ1v) is 7.98. The van der Waals surface area contributed by atoms with E-state index in [-0.39, 0.29) is 18.1 Å². The van der Waals surface area contributed by atoms with Crippen molar-refractivity contribution in [3.8, 4) is 5.75 Å². The Balaban J connectivity index is 1.97. The Morgan fingerprint density at radius 1 is 1.38 bits per heavy atom. The van der Waals surface area contributed by atoms with Gasteiger partial charge in [0.1, 0.15) is 5.75 Å². The van der Waals surface area contributed by atoms with Crippen LogP contribution in [0.25, 0.3) is 0 Å². The van der Waals surface area contributed by atoms with Crippen LogP contribution < -0.4 is 10.1 Å². The molecular weight excluding hydrogens is 378 g/mol. The molecule has 24 heavy (non-hydrogen) atoms. The predicted octanol–water partition coefficient (Wildman–Crippen LogP) is 3.89. The van der Waals surface area contributed by atoms with Gasteiger partial charge in [0, 0.05) is 16.7 Å². The number of aromatic nitrogens is 1. The molecule has 2 aromatic rings. The predicted molar refractivity (Wildman–Crippen MR) is 93.2 cm³/mol. The summed E-state index contributed by atoms with van der Waals surface area (Å²) in [5.41, 5.74) is 0.875. The van der Waals surface area contributed by atoms with E-state index in [0.29, 0.717) is 16.1 Å². The van der Waals surface area contributed by atoms with Crippen LogP contribution in [0.5, 0.6) is 5.75 Å². The number of anilines is 1. The van der Waals surface area contributed by atoms with Crippen molar-refractivity contribution in [2.75, 3.05) is 11.9 Å². The summed E-state index contributed by atoms with van der Waals surface area (Å²) in [4.78, 5) is 26.1. The summed E-state index contributed by atoms with van der Waals surface area (Å²) in [6.45, 7) is 3.90. The van der Waals surface area contributed by atoms with Crippen LogP contribution >= 0.6 is 15.9 Å². The molecule has 7 nitrogen and oxygen atoms in total. The van der Waals surface area contributed by atoms with Crippen molar-refractivity contribution in [2.24, 2.45) is 0 Å². The van der Waals surface area contributed by atoms with E-state index in [0.717, 1.165) is 0 Å². The van der Waals surface area contributed by atoms with E-state index >= 15 is 0 Å². The molecule has 0 aliphatic rings. The van der Waals surface area contributed by atoms with Crippen LogP contribution in [0.2, 0.25) is 0 Å². The Hall–Kier alpha value is -2.48. The number of rotatable bonds is 6. The Kier molecular flexibility index (Phi) is 5.86. The second-order valence-electron chi connectivity index (χ2n) is 5.34. The average Bonchev–Trinajstić information content (AvgIpc) is 2.54. The summed E-state index contributed by atoms with van der Waals surface area (Å²) in [5, 5.41) is 13.4. The molecule has 2 rings (SSSR count). The van der Waals surface area contributed by atoms with E-state index in [2.05, 4.69) is 40.1 Å². The van der Waals surface area contributed by atoms with Gasteiger partial charge in [-0.25, -0.2) is 4.98 Å². The normalized spacial score (nSPS) is 10.5. The number of carbonyl (C=O) groups excluding carboxylic acids is 1. The maximum absolute atomic E-state index is 11.9. The van der Waals surface area contributed by atoms with Crippen LogP contribution in [-0.2, 0) is 4.79 Å². The lowest BCUT2D eigenvalue weighted by molar-refractivity contribution is -0.384. The number of pyridine rings is 1. The minimum atomic E-state index is -0.612. The van der Waals surface area contributed by atoms with Gasteiger partial charge in [0.05, 0.1) is 4.92 Å². The zero-order valence-electron chi connectivity index (χ0n) is 13.2. The zero-order valence-corrected chi connectivity index (χ0v) is 14.7. The minimum Gasteiger partial charge on any atom is -0.484 e. The molecule has 0 saturated carbocycles. The van der Waals surface area contributed by atoms with Gasteiger partial charge in [-0.05, 0) is 39.5 Å². The first-order chi connectivity index (χ1) is 11.4. The molecule has 0 atom stereocenters. The molecule has 0 unspecified atom stereocenters. The van der Waals surface area contributed by atoms with E-state index < -0.39 is 10.8 Å². The molecule has 126 valence electrons. The highest BCUT2D eigenvalue weighted by Gasteiger charge is 2.18. The molecular formula is C16H16BrN3O4. The minimum absolute atomic E-state index is 0.119. The lowest BCUT2D eigenvalue weighted by Crippen LogP contribution is -2.21. The number of benzene rings is 1. The second-order valence-corrected chi connectivity index (χ2v) is 6.25. The lowest BCUT2D eigenvalue weighted by atomic mass is 10.0. The molecule has 0 aliphatic heterocycles. The van der Waals surface area contributed by atoms with Gasteiger partial charge in [-0.3, -0.25) is 14.9 Å². The first-order valence-electron chi connectivity index (χ1n) is 7.19. The number of nitro groups is 1. The van der Waals surface area contributed by atoms with Gasteiger partial charge >= 0.3 is 5.69 Å². The second kappa shape index (κ2) is 7.87. The molecule has 0 fully saturated rings. The van der Waals surface area contributed by atoms with Gasteiger partial charge in [0.2, 0.25) is 5.82 Å². The molecule has 1 aromatic heterocycles. The van der Waals surface area contributed by atoms with Gasteiger partial charge in [-0.2, -0.15) is 0 Å². The summed E-state index contributed by atoms with van der Waals surface area (Å²) in [6.07, 6.45) is 1.37. The van der Waals surface area contributed by atoms with Gasteiger partial charge in [-0.15, -0.1) is 0 Å². The Morgan fingerprint density at radius 3 is 2.62 bits per heavy atom. The van der Waals surface area contributed by atoms with Crippen LogP contribution in [0.1, 0.15) is 25.3 Å². The van der Waals surface area contributed by atoms with E-state index in [9.17, 15) is 14.9 Å². The Morgan fingerprint density at radius 2 is 2.04 bits per heavy atom. The van der Waals surface area contributed by atoms with Gasteiger partial charge < -0.3 is 10.1 Å². The SMILES string of the molecule is CC(C)c1ccc(OCC(=O)Nc2ncc(Br)cc2[N+](=O)[O-])cc1. The Labute approximate surface area is 147 Å². The third kappa shape index (κ3) is 4.76. The van der Waals surface area contributed by atoms with Crippen LogP contribution in [0.3, 0.4) is 0 Å². The van der Waals surface area contributed by atoms with Crippen LogP contribution in [0.4, 0.5) is 11.5 Å². The molecule has 0 radical (unpaired) electrons. The molecule has 1 N–H and O–H groups in total. The van der Waals surface area contributed by atoms with E-state index in [1.807, 2.05) is 12.1 Å². The number of carbonyl (C=O) groups is 1. The van der Waals surface area contributed by atoms with Crippen molar-refractivity contribution < 1.29 is 14.5 Å². The molecule has 8 heteroatoms. The molecule has 1 aromatic carbocycles. The monoisotopic (exact) mass is 393 g/mol. The third-order valence-corrected chi connectivity index (χ3v) is 3.64. The first kappa shape index (κ1) is 17.9. The fraction of sp³-hybridized carbons (Fsp3) is 0.250. The average molecular weight is 394 g/mol. The van der Waals surface area contributed by atoms with Crippen LogP contribution in [0, 0.1) is 10.1 Å². The molecule has 1 amide bonds. The quantitative estimate of drug-likeness (QED) is 0.593. The molecule has 0 spiro atoms. The topological polar surface area (TPSA) is 94.4 Å². The van der Waals surface area contributed by atoms with Crippen molar-refractivity contribution >= 4 is 33.3 Å². The summed E-state index contributed by atoms with van der Waals surface area (Å²) in [5.74, 6) is 0.312. The maximum atomic E-state index is 11.9. The summed E-state index contributed by atoms with van der Waals surface area (Å²) in [6, 6.07) is 8.69. The third-order valence-electron chi connectivity index (χ3n) is 3.21. The largest absolute Gasteiger partial charge is 0.484 e. The smallest absolute Gasteiger partial charge is 0.312 e. The van der Waals surface area contributed by atoms with E-state index in [1.54, 1.807) is 12.1 Å². The highest BCUT2D eigenvalue weighted by atomic mass is 79.9. The van der Waals surface area contributed by atoms with Crippen molar-refractivity contribution in [3.05, 3.63) is 56.7 Å². The highest BCUT2D eigenvalue weighted by molar-refractivity contribution is 9.10. The highest BCUT2D eigenvalue weighted by Crippen LogP contribution is 2.25. The van der Waals surface area contributed by atoms with Crippen molar-refractivity contribution in [1.29, 1.82) is 0 Å². The summed E-state index contributed by atoms with van der Waals surface area (Å²) in [7, 11) is 0. The van der Waals surface area contributed by atoms with E-state index in [4.69, 9.17) is 4.74 Å². The standard InChI is InChI=1S/C16H16BrN3O4/c1-10(2)11-3-5-13(6-4-11)24-9-15(21)19-16-14(20(22)23)7-12(17)8-18-16/h3-8,10H,9H2,1-2H3,(H,18,19,21). The van der Waals surface area contributed by atoms with Gasteiger partial charge in [0.15, 0.2) is 6.61 Å². The van der Waals surface area contributed by atoms with Crippen LogP contribution in [-0.4, -0.2) is 22.4 Å². The number of nitrogens with one attached hydrogen (secondary N) is 1. The molecule has 0 saturated heterocycles. The summed E-state index contributed by atoms with van der Waals surface area (Å²) >= 11 is 3.10. The van der Waals surface area contributed by atoms with Crippen molar-refractivity contribution in [3.63, 3.8) is 0 Å². The zero-order chi connectivity index (χ0) is 17.7. The van der Waals surface area contributed by atoms with Crippen molar-refractivity contribution in [2.45, 2.75) is 19.8 Å². The van der Waals surface area contributed by atoms with Crippen molar-refractivity contribution in [1.82, 2.24) is 4.98 Å². The number of nitrogens with zero attached hydrogens (tertiary/aromatic N) is 2. The van der Waals surface area contributed by atoms with Crippen LogP contribution in [0.15, 0.2) is 41.0 Å². The summed E-state index contributed by atoms with van der Waals surface area (Å²) < 4.78 is 5.83. The number of halogens is 1. The number of hydrogen-bond donors (Lipinski definition) is 1. The van der Waals surface area contributed by atoms with E-state index in [1.165, 1.54) is 17.8 Å². The lowest BCUT2D eigenvalue weighted by Gasteiger charge is -2.09. The number of hydrogen-bond acceptors (Lipinski definition) is 5. The van der Waals surface area contributed by atoms with Gasteiger partial charge in [-0.1, -0.05) is 26.0 Å². The molecule has 0 bridgehead atoms.